The fourth-order valence-electron chi connectivity index (χ4n) is 1.32. The molecular formula is C15H16O3. The van der Waals surface area contributed by atoms with Gasteiger partial charge in [0.15, 0.2) is 0 Å². The number of carbonyl (C=O) groups excluding carboxylic acids is 2. The van der Waals surface area contributed by atoms with Crippen LogP contribution in [0.5, 0.6) is 0 Å². The first-order chi connectivity index (χ1) is 8.63. The van der Waals surface area contributed by atoms with E-state index >= 15 is 0 Å². The molecule has 0 amide bonds. The largest absolute Gasteiger partial charge is 0.386 e. The molecule has 0 aromatic heterocycles. The maximum Gasteiger partial charge on any atom is 0.341 e. The zero-order chi connectivity index (χ0) is 13.4. The lowest BCUT2D eigenvalue weighted by Gasteiger charge is -1.99. The Morgan fingerprint density at radius 3 is 2.50 bits per heavy atom. The summed E-state index contributed by atoms with van der Waals surface area (Å²) in [5.41, 5.74) is 1.32. The molecule has 0 unspecified atom stereocenters. The molecule has 0 heterocycles. The van der Waals surface area contributed by atoms with E-state index < -0.39 is 11.9 Å². The highest BCUT2D eigenvalue weighted by Crippen LogP contribution is 2.03. The summed E-state index contributed by atoms with van der Waals surface area (Å²) >= 11 is 0. The van der Waals surface area contributed by atoms with Crippen LogP contribution in [0.15, 0.2) is 48.1 Å². The number of hydrogen-bond acceptors (Lipinski definition) is 3. The average molecular weight is 244 g/mol. The van der Waals surface area contributed by atoms with Crippen molar-refractivity contribution in [2.24, 2.45) is 0 Å². The molecule has 3 nitrogen and oxygen atoms in total. The first kappa shape index (κ1) is 13.9. The molecule has 94 valence electrons. The number of benzene rings is 1. The molecule has 0 aliphatic rings. The van der Waals surface area contributed by atoms with Crippen molar-refractivity contribution in [2.75, 3.05) is 0 Å². The van der Waals surface area contributed by atoms with Crippen molar-refractivity contribution in [3.63, 3.8) is 0 Å². The first-order valence-electron chi connectivity index (χ1n) is 5.79. The van der Waals surface area contributed by atoms with Gasteiger partial charge in [0, 0.05) is 11.6 Å². The van der Waals surface area contributed by atoms with Gasteiger partial charge in [-0.2, -0.15) is 0 Å². The molecule has 0 atom stereocenters. The van der Waals surface area contributed by atoms with Crippen molar-refractivity contribution < 1.29 is 14.3 Å². The average Bonchev–Trinajstić information content (AvgIpc) is 2.38. The summed E-state index contributed by atoms with van der Waals surface area (Å²) in [7, 11) is 0. The van der Waals surface area contributed by atoms with Crippen LogP contribution < -0.4 is 0 Å². The highest BCUT2D eigenvalue weighted by molar-refractivity contribution is 6.00. The molecule has 0 spiro atoms. The maximum absolute atomic E-state index is 11.4. The summed E-state index contributed by atoms with van der Waals surface area (Å²) in [5.74, 6) is -1.26. The first-order valence-corrected chi connectivity index (χ1v) is 5.79. The Hall–Kier alpha value is -2.16. The Morgan fingerprint density at radius 2 is 1.89 bits per heavy atom. The molecule has 18 heavy (non-hydrogen) atoms. The van der Waals surface area contributed by atoms with Crippen molar-refractivity contribution in [3.8, 4) is 0 Å². The third kappa shape index (κ3) is 4.78. The Morgan fingerprint density at radius 1 is 1.22 bits per heavy atom. The lowest BCUT2D eigenvalue weighted by atomic mass is 10.2. The second-order valence-electron chi connectivity index (χ2n) is 3.75. The van der Waals surface area contributed by atoms with E-state index in [0.717, 1.165) is 12.0 Å². The van der Waals surface area contributed by atoms with Gasteiger partial charge in [-0.25, -0.2) is 9.59 Å². The summed E-state index contributed by atoms with van der Waals surface area (Å²) in [5, 5.41) is 0. The fraction of sp³-hybridized carbons (Fsp3) is 0.200. The van der Waals surface area contributed by atoms with Crippen LogP contribution in [0.3, 0.4) is 0 Å². The molecular weight excluding hydrogens is 228 g/mol. The zero-order valence-electron chi connectivity index (χ0n) is 10.6. The number of ether oxygens (including phenoxy) is 1. The molecule has 0 aliphatic carbocycles. The van der Waals surface area contributed by atoms with Crippen molar-refractivity contribution in [1.29, 1.82) is 0 Å². The van der Waals surface area contributed by atoms with E-state index in [9.17, 15) is 9.59 Å². The molecule has 1 aromatic rings. The molecule has 0 saturated carbocycles. The number of carbonyl (C=O) groups is 2. The highest BCUT2D eigenvalue weighted by Gasteiger charge is 2.08. The monoisotopic (exact) mass is 244 g/mol. The van der Waals surface area contributed by atoms with Crippen molar-refractivity contribution in [3.05, 3.63) is 53.6 Å². The Bertz CT molecular complexity index is 470. The van der Waals surface area contributed by atoms with Gasteiger partial charge in [-0.1, -0.05) is 43.3 Å². The smallest absolute Gasteiger partial charge is 0.341 e. The molecule has 1 aromatic carbocycles. The molecule has 0 fully saturated rings. The van der Waals surface area contributed by atoms with E-state index in [1.807, 2.05) is 37.3 Å². The van der Waals surface area contributed by atoms with Gasteiger partial charge in [0.2, 0.25) is 0 Å². The van der Waals surface area contributed by atoms with Gasteiger partial charge < -0.3 is 4.74 Å². The topological polar surface area (TPSA) is 43.4 Å². The minimum Gasteiger partial charge on any atom is -0.386 e. The molecule has 3 heteroatoms. The number of rotatable bonds is 4. The molecule has 0 bridgehead atoms. The van der Waals surface area contributed by atoms with Crippen LogP contribution in [0, 0.1) is 0 Å². The minimum absolute atomic E-state index is 0.443. The molecule has 1 rings (SSSR count). The second kappa shape index (κ2) is 7.22. The van der Waals surface area contributed by atoms with Crippen LogP contribution in [-0.2, 0) is 14.3 Å². The van der Waals surface area contributed by atoms with Gasteiger partial charge in [-0.05, 0) is 25.0 Å². The predicted octanol–water partition coefficient (Wildman–Crippen LogP) is 3.13. The SMILES string of the molecule is CCC=C(C)C(=O)OC(=O)C=Cc1ccccc1. The molecule has 0 N–H and O–H groups in total. The maximum atomic E-state index is 11.4. The van der Waals surface area contributed by atoms with Gasteiger partial charge in [-0.3, -0.25) is 0 Å². The predicted molar refractivity (Wildman–Crippen MR) is 70.6 cm³/mol. The van der Waals surface area contributed by atoms with Crippen LogP contribution >= 0.6 is 0 Å². The lowest BCUT2D eigenvalue weighted by molar-refractivity contribution is -0.153. The minimum atomic E-state index is -0.660. The highest BCUT2D eigenvalue weighted by atomic mass is 16.6. The van der Waals surface area contributed by atoms with E-state index in [-0.39, 0.29) is 0 Å². The third-order valence-electron chi connectivity index (χ3n) is 2.24. The van der Waals surface area contributed by atoms with Gasteiger partial charge >= 0.3 is 11.9 Å². The number of allylic oxidation sites excluding steroid dienone is 1. The van der Waals surface area contributed by atoms with Gasteiger partial charge in [0.1, 0.15) is 0 Å². The third-order valence-corrected chi connectivity index (χ3v) is 2.24. The van der Waals surface area contributed by atoms with Crippen molar-refractivity contribution in [2.45, 2.75) is 20.3 Å². The normalized spacial score (nSPS) is 11.6. The summed E-state index contributed by atoms with van der Waals surface area (Å²) < 4.78 is 4.65. The van der Waals surface area contributed by atoms with E-state index in [1.54, 1.807) is 19.1 Å². The van der Waals surface area contributed by atoms with Crippen molar-refractivity contribution in [1.82, 2.24) is 0 Å². The molecule has 0 saturated heterocycles. The zero-order valence-corrected chi connectivity index (χ0v) is 10.6. The van der Waals surface area contributed by atoms with E-state index in [2.05, 4.69) is 4.74 Å². The van der Waals surface area contributed by atoms with Crippen LogP contribution in [-0.4, -0.2) is 11.9 Å². The van der Waals surface area contributed by atoms with E-state index in [4.69, 9.17) is 0 Å². The standard InChI is InChI=1S/C15H16O3/c1-3-7-12(2)15(17)18-14(16)11-10-13-8-5-4-6-9-13/h4-11H,3H2,1-2H3. The van der Waals surface area contributed by atoms with E-state index in [1.165, 1.54) is 6.08 Å². The van der Waals surface area contributed by atoms with Crippen molar-refractivity contribution >= 4 is 18.0 Å². The molecule has 0 radical (unpaired) electrons. The molecule has 0 aliphatic heterocycles. The second-order valence-corrected chi connectivity index (χ2v) is 3.75. The number of esters is 2. The van der Waals surface area contributed by atoms with Crippen LogP contribution in [0.1, 0.15) is 25.8 Å². The van der Waals surface area contributed by atoms with Crippen LogP contribution in [0.4, 0.5) is 0 Å². The quantitative estimate of drug-likeness (QED) is 0.464. The summed E-state index contributed by atoms with van der Waals surface area (Å²) in [6, 6.07) is 9.33. The van der Waals surface area contributed by atoms with Crippen LogP contribution in [0.25, 0.3) is 6.08 Å². The summed E-state index contributed by atoms with van der Waals surface area (Å²) in [4.78, 5) is 22.8. The summed E-state index contributed by atoms with van der Waals surface area (Å²) in [6.07, 6.45) is 5.30. The number of hydrogen-bond donors (Lipinski definition) is 0. The fourth-order valence-corrected chi connectivity index (χ4v) is 1.32. The van der Waals surface area contributed by atoms with E-state index in [0.29, 0.717) is 5.57 Å². The van der Waals surface area contributed by atoms with Gasteiger partial charge in [-0.15, -0.1) is 0 Å². The lowest BCUT2D eigenvalue weighted by Crippen LogP contribution is -2.10. The van der Waals surface area contributed by atoms with Gasteiger partial charge in [0.25, 0.3) is 0 Å². The summed E-state index contributed by atoms with van der Waals surface area (Å²) in [6.45, 7) is 3.54. The Kier molecular flexibility index (Phi) is 5.58. The van der Waals surface area contributed by atoms with Gasteiger partial charge in [0.05, 0.1) is 0 Å². The Labute approximate surface area is 107 Å². The Balaban J connectivity index is 2.55. The van der Waals surface area contributed by atoms with Crippen LogP contribution in [0.2, 0.25) is 0 Å².